The maximum atomic E-state index is 6.27. The second-order valence-electron chi connectivity index (χ2n) is 4.66. The summed E-state index contributed by atoms with van der Waals surface area (Å²) in [5, 5.41) is 5.35. The van der Waals surface area contributed by atoms with E-state index in [0.717, 1.165) is 16.7 Å². The number of halogens is 2. The molecule has 106 valence electrons. The summed E-state index contributed by atoms with van der Waals surface area (Å²) < 4.78 is 5.18. The molecule has 0 aliphatic rings. The van der Waals surface area contributed by atoms with Crippen LogP contribution >= 0.6 is 23.2 Å². The van der Waals surface area contributed by atoms with Crippen molar-refractivity contribution in [2.75, 3.05) is 5.73 Å². The molecular weight excluding hydrogens is 307 g/mol. The molecular formula is C16H12Cl2N2O. The third-order valence-corrected chi connectivity index (χ3v) is 4.12. The molecule has 0 bridgehead atoms. The predicted octanol–water partition coefficient (Wildman–Crippen LogP) is 5.21. The van der Waals surface area contributed by atoms with Gasteiger partial charge >= 0.3 is 0 Å². The lowest BCUT2D eigenvalue weighted by atomic mass is 9.98. The average Bonchev–Trinajstić information content (AvgIpc) is 2.84. The molecule has 0 aliphatic heterocycles. The van der Waals surface area contributed by atoms with E-state index < -0.39 is 0 Å². The summed E-state index contributed by atoms with van der Waals surface area (Å²) in [5.74, 6) is 0.234. The van der Waals surface area contributed by atoms with Crippen LogP contribution in [0.2, 0.25) is 10.0 Å². The summed E-state index contributed by atoms with van der Waals surface area (Å²) in [6.45, 7) is 1.93. The second kappa shape index (κ2) is 5.43. The lowest BCUT2D eigenvalue weighted by molar-refractivity contribution is 0.439. The summed E-state index contributed by atoms with van der Waals surface area (Å²) in [5.41, 5.74) is 9.85. The van der Waals surface area contributed by atoms with Gasteiger partial charge in [0.05, 0.1) is 5.56 Å². The number of hydrogen-bond acceptors (Lipinski definition) is 3. The molecule has 0 atom stereocenters. The maximum Gasteiger partial charge on any atom is 0.230 e. The van der Waals surface area contributed by atoms with Crippen molar-refractivity contribution < 1.29 is 4.52 Å². The highest BCUT2D eigenvalue weighted by Crippen LogP contribution is 2.41. The first-order valence-corrected chi connectivity index (χ1v) is 7.10. The van der Waals surface area contributed by atoms with E-state index in [1.807, 2.05) is 43.3 Å². The van der Waals surface area contributed by atoms with Crippen molar-refractivity contribution in [1.82, 2.24) is 5.16 Å². The normalized spacial score (nSPS) is 10.8. The minimum Gasteiger partial charge on any atom is -0.367 e. The van der Waals surface area contributed by atoms with Gasteiger partial charge in [0.15, 0.2) is 0 Å². The molecule has 5 heteroatoms. The molecule has 0 saturated heterocycles. The van der Waals surface area contributed by atoms with E-state index in [1.54, 1.807) is 6.07 Å². The molecule has 0 aliphatic carbocycles. The molecule has 0 fully saturated rings. The average molecular weight is 319 g/mol. The van der Waals surface area contributed by atoms with Crippen molar-refractivity contribution in [3.8, 4) is 22.4 Å². The highest BCUT2D eigenvalue weighted by Gasteiger charge is 2.21. The van der Waals surface area contributed by atoms with Crippen LogP contribution in [-0.4, -0.2) is 5.16 Å². The molecule has 1 aromatic heterocycles. The highest BCUT2D eigenvalue weighted by atomic mass is 35.5. The van der Waals surface area contributed by atoms with Gasteiger partial charge in [0.2, 0.25) is 5.88 Å². The number of aromatic nitrogens is 1. The van der Waals surface area contributed by atoms with Gasteiger partial charge in [0.25, 0.3) is 0 Å². The van der Waals surface area contributed by atoms with Crippen LogP contribution in [0.4, 0.5) is 5.88 Å². The van der Waals surface area contributed by atoms with Crippen molar-refractivity contribution in [3.63, 3.8) is 0 Å². The fourth-order valence-corrected chi connectivity index (χ4v) is 2.68. The number of nitrogen functional groups attached to an aromatic ring is 1. The third kappa shape index (κ3) is 2.39. The number of nitrogens with zero attached hydrogens (tertiary/aromatic N) is 1. The highest BCUT2D eigenvalue weighted by molar-refractivity contribution is 6.34. The van der Waals surface area contributed by atoms with Crippen LogP contribution in [0, 0.1) is 6.92 Å². The van der Waals surface area contributed by atoms with Gasteiger partial charge in [-0.05, 0) is 24.6 Å². The fourth-order valence-electron chi connectivity index (χ4n) is 2.27. The van der Waals surface area contributed by atoms with Crippen molar-refractivity contribution in [2.45, 2.75) is 6.92 Å². The van der Waals surface area contributed by atoms with Crippen LogP contribution in [0.5, 0.6) is 0 Å². The van der Waals surface area contributed by atoms with Crippen molar-refractivity contribution in [1.29, 1.82) is 0 Å². The third-order valence-electron chi connectivity index (χ3n) is 3.38. The number of hydrogen-bond donors (Lipinski definition) is 1. The molecule has 3 rings (SSSR count). The molecule has 0 amide bonds. The number of anilines is 1. The van der Waals surface area contributed by atoms with E-state index in [2.05, 4.69) is 5.16 Å². The van der Waals surface area contributed by atoms with Crippen LogP contribution in [-0.2, 0) is 0 Å². The molecule has 2 aromatic carbocycles. The van der Waals surface area contributed by atoms with Gasteiger partial charge in [-0.2, -0.15) is 0 Å². The molecule has 0 spiro atoms. The van der Waals surface area contributed by atoms with Gasteiger partial charge in [-0.3, -0.25) is 0 Å². The zero-order chi connectivity index (χ0) is 15.0. The molecule has 3 nitrogen and oxygen atoms in total. The van der Waals surface area contributed by atoms with Crippen molar-refractivity contribution in [3.05, 3.63) is 58.1 Å². The smallest absolute Gasteiger partial charge is 0.230 e. The summed E-state index contributed by atoms with van der Waals surface area (Å²) in [6.07, 6.45) is 0. The molecule has 0 saturated carbocycles. The predicted molar refractivity (Wildman–Crippen MR) is 86.5 cm³/mol. The van der Waals surface area contributed by atoms with Gasteiger partial charge in [0, 0.05) is 21.2 Å². The Morgan fingerprint density at radius 2 is 1.62 bits per heavy atom. The molecule has 21 heavy (non-hydrogen) atoms. The van der Waals surface area contributed by atoms with Crippen LogP contribution in [0.1, 0.15) is 5.56 Å². The topological polar surface area (TPSA) is 52.0 Å². The monoisotopic (exact) mass is 318 g/mol. The Bertz CT molecular complexity index is 812. The molecule has 1 heterocycles. The Morgan fingerprint density at radius 1 is 0.952 bits per heavy atom. The van der Waals surface area contributed by atoms with Gasteiger partial charge < -0.3 is 10.3 Å². The first kappa shape index (κ1) is 14.0. The Hall–Kier alpha value is -1.97. The first-order chi connectivity index (χ1) is 10.1. The van der Waals surface area contributed by atoms with Crippen molar-refractivity contribution in [2.24, 2.45) is 0 Å². The lowest BCUT2D eigenvalue weighted by Gasteiger charge is -2.08. The van der Waals surface area contributed by atoms with Gasteiger partial charge in [0.1, 0.15) is 5.69 Å². The van der Waals surface area contributed by atoms with Crippen LogP contribution in [0.15, 0.2) is 47.0 Å². The quantitative estimate of drug-likeness (QED) is 0.706. The number of rotatable bonds is 2. The SMILES string of the molecule is Cc1c(Cl)cccc1-c1noc(N)c1-c1ccccc1Cl. The standard InChI is InChI=1S/C16H12Cl2N2O/c1-9-10(6-4-8-12(9)17)15-14(16(19)21-20-15)11-5-2-3-7-13(11)18/h2-8H,19H2,1H3. The number of nitrogens with two attached hydrogens (primary N) is 1. The largest absolute Gasteiger partial charge is 0.367 e. The van der Waals surface area contributed by atoms with E-state index in [4.69, 9.17) is 33.5 Å². The minimum atomic E-state index is 0.234. The van der Waals surface area contributed by atoms with E-state index >= 15 is 0 Å². The minimum absolute atomic E-state index is 0.234. The molecule has 2 N–H and O–H groups in total. The van der Waals surface area contributed by atoms with Crippen molar-refractivity contribution >= 4 is 29.1 Å². The Kier molecular flexibility index (Phi) is 3.62. The fraction of sp³-hybridized carbons (Fsp3) is 0.0625. The lowest BCUT2D eigenvalue weighted by Crippen LogP contribution is -1.90. The summed E-state index contributed by atoms with van der Waals surface area (Å²) in [4.78, 5) is 0. The van der Waals surface area contributed by atoms with E-state index in [0.29, 0.717) is 21.3 Å². The van der Waals surface area contributed by atoms with E-state index in [-0.39, 0.29) is 5.88 Å². The van der Waals surface area contributed by atoms with Crippen LogP contribution < -0.4 is 5.73 Å². The second-order valence-corrected chi connectivity index (χ2v) is 5.48. The van der Waals surface area contributed by atoms with Crippen LogP contribution in [0.3, 0.4) is 0 Å². The Morgan fingerprint density at radius 3 is 2.38 bits per heavy atom. The summed E-state index contributed by atoms with van der Waals surface area (Å²) >= 11 is 12.5. The molecule has 0 unspecified atom stereocenters. The molecule has 0 radical (unpaired) electrons. The summed E-state index contributed by atoms with van der Waals surface area (Å²) in [6, 6.07) is 13.1. The Balaban J connectivity index is 2.28. The molecule has 3 aromatic rings. The summed E-state index contributed by atoms with van der Waals surface area (Å²) in [7, 11) is 0. The van der Waals surface area contributed by atoms with E-state index in [9.17, 15) is 0 Å². The van der Waals surface area contributed by atoms with Crippen LogP contribution in [0.25, 0.3) is 22.4 Å². The van der Waals surface area contributed by atoms with Gasteiger partial charge in [-0.15, -0.1) is 0 Å². The number of benzene rings is 2. The zero-order valence-corrected chi connectivity index (χ0v) is 12.7. The maximum absolute atomic E-state index is 6.27. The van der Waals surface area contributed by atoms with Gasteiger partial charge in [-0.1, -0.05) is 58.7 Å². The Labute approximate surface area is 132 Å². The first-order valence-electron chi connectivity index (χ1n) is 6.35. The van der Waals surface area contributed by atoms with E-state index in [1.165, 1.54) is 0 Å². The zero-order valence-electron chi connectivity index (χ0n) is 11.2. The van der Waals surface area contributed by atoms with Gasteiger partial charge in [-0.25, -0.2) is 0 Å².